The Balaban J connectivity index is 3.71. The van der Waals surface area contributed by atoms with Gasteiger partial charge in [-0.2, -0.15) is 0 Å². The molecule has 0 aromatic carbocycles. The number of hydrogen-bond donors (Lipinski definition) is 0. The van der Waals surface area contributed by atoms with Crippen molar-refractivity contribution < 1.29 is 13.2 Å². The van der Waals surface area contributed by atoms with Gasteiger partial charge < -0.3 is 0 Å². The van der Waals surface area contributed by atoms with Crippen molar-refractivity contribution in [3.05, 3.63) is 0 Å². The monoisotopic (exact) mass is 166 g/mol. The van der Waals surface area contributed by atoms with Gasteiger partial charge in [-0.1, -0.05) is 11.6 Å². The van der Waals surface area contributed by atoms with Crippen molar-refractivity contribution >= 4 is 23.2 Å². The van der Waals surface area contributed by atoms with Crippen molar-refractivity contribution in [2.24, 2.45) is 0 Å². The molecule has 50 valence electrons. The highest BCUT2D eigenvalue weighted by Gasteiger charge is 2.37. The van der Waals surface area contributed by atoms with E-state index in [-0.39, 0.29) is 0 Å². The Bertz CT molecular complexity index is 72.9. The van der Waals surface area contributed by atoms with Gasteiger partial charge in [-0.25, -0.2) is 13.2 Å². The van der Waals surface area contributed by atoms with Crippen LogP contribution in [0.3, 0.4) is 0 Å². The van der Waals surface area contributed by atoms with Gasteiger partial charge in [-0.05, 0) is 0 Å². The third kappa shape index (κ3) is 2.09. The molecule has 0 radical (unpaired) electrons. The van der Waals surface area contributed by atoms with Crippen LogP contribution in [0.1, 0.15) is 0 Å². The summed E-state index contributed by atoms with van der Waals surface area (Å²) in [6.07, 6.45) is 0. The molecule has 0 N–H and O–H groups in total. The van der Waals surface area contributed by atoms with Crippen LogP contribution in [0.4, 0.5) is 13.2 Å². The largest absolute Gasteiger partial charge is 0.305 e. The average Bonchev–Trinajstić information content (AvgIpc) is 1.67. The second-order valence-corrected chi connectivity index (χ2v) is 1.85. The summed E-state index contributed by atoms with van der Waals surface area (Å²) in [6.45, 7) is 0. The van der Waals surface area contributed by atoms with Gasteiger partial charge in [0.1, 0.15) is 0 Å². The van der Waals surface area contributed by atoms with Gasteiger partial charge in [0.2, 0.25) is 5.63 Å². The first-order valence-electron chi connectivity index (χ1n) is 1.72. The molecule has 5 heteroatoms. The molecule has 0 aliphatic heterocycles. The van der Waals surface area contributed by atoms with E-state index in [1.165, 1.54) is 0 Å². The van der Waals surface area contributed by atoms with Crippen LogP contribution in [-0.4, -0.2) is 17.4 Å². The SMILES string of the molecule is FC(Cl)C(F)(F)CCl. The van der Waals surface area contributed by atoms with Gasteiger partial charge in [-0.3, -0.25) is 0 Å². The molecule has 0 saturated heterocycles. The zero-order valence-electron chi connectivity index (χ0n) is 3.67. The molecule has 0 aromatic heterocycles. The van der Waals surface area contributed by atoms with E-state index in [2.05, 4.69) is 23.2 Å². The quantitative estimate of drug-likeness (QED) is 0.553. The zero-order chi connectivity index (χ0) is 6.78. The Kier molecular flexibility index (Phi) is 2.91. The number of rotatable bonds is 2. The minimum Gasteiger partial charge on any atom is -0.223 e. The van der Waals surface area contributed by atoms with E-state index >= 15 is 0 Å². The third-order valence-electron chi connectivity index (χ3n) is 0.497. The summed E-state index contributed by atoms with van der Waals surface area (Å²) in [4.78, 5) is 0. The van der Waals surface area contributed by atoms with E-state index < -0.39 is 17.4 Å². The first-order chi connectivity index (χ1) is 3.50. The molecule has 1 unspecified atom stereocenters. The zero-order valence-corrected chi connectivity index (χ0v) is 5.19. The molecule has 0 spiro atoms. The molecule has 0 heterocycles. The fourth-order valence-electron chi connectivity index (χ4n) is 0.0583. The van der Waals surface area contributed by atoms with Crippen molar-refractivity contribution in [3.63, 3.8) is 0 Å². The molecule has 0 rings (SSSR count). The van der Waals surface area contributed by atoms with Crippen LogP contribution in [0.25, 0.3) is 0 Å². The van der Waals surface area contributed by atoms with E-state index in [4.69, 9.17) is 0 Å². The standard InChI is InChI=1S/C3H3Cl2F3/c4-1-3(7,8)2(5)6/h2H,1H2. The van der Waals surface area contributed by atoms with Gasteiger partial charge >= 0.3 is 5.92 Å². The predicted octanol–water partition coefficient (Wildman–Crippen LogP) is 2.39. The molecular weight excluding hydrogens is 164 g/mol. The molecule has 0 aromatic rings. The van der Waals surface area contributed by atoms with Gasteiger partial charge in [0.05, 0.1) is 5.88 Å². The van der Waals surface area contributed by atoms with Crippen LogP contribution in [0, 0.1) is 0 Å². The Morgan fingerprint density at radius 1 is 1.50 bits per heavy atom. The summed E-state index contributed by atoms with van der Waals surface area (Å²) in [5, 5.41) is 0. The highest BCUT2D eigenvalue weighted by Crippen LogP contribution is 2.25. The summed E-state index contributed by atoms with van der Waals surface area (Å²) in [6, 6.07) is 0. The van der Waals surface area contributed by atoms with Crippen LogP contribution in [0.15, 0.2) is 0 Å². The van der Waals surface area contributed by atoms with Gasteiger partial charge in [0.25, 0.3) is 0 Å². The van der Waals surface area contributed by atoms with Crippen LogP contribution in [-0.2, 0) is 0 Å². The second kappa shape index (κ2) is 2.78. The first-order valence-corrected chi connectivity index (χ1v) is 2.69. The molecule has 0 fully saturated rings. The number of alkyl halides is 5. The van der Waals surface area contributed by atoms with Crippen molar-refractivity contribution in [2.75, 3.05) is 5.88 Å². The van der Waals surface area contributed by atoms with Gasteiger partial charge in [-0.15, -0.1) is 11.6 Å². The van der Waals surface area contributed by atoms with Crippen molar-refractivity contribution in [2.45, 2.75) is 11.6 Å². The lowest BCUT2D eigenvalue weighted by Crippen LogP contribution is -2.27. The van der Waals surface area contributed by atoms with Gasteiger partial charge in [0, 0.05) is 0 Å². The van der Waals surface area contributed by atoms with E-state index in [1.807, 2.05) is 0 Å². The lowest BCUT2D eigenvalue weighted by atomic mass is 10.4. The maximum Gasteiger partial charge on any atom is 0.305 e. The molecular formula is C3H3Cl2F3. The predicted molar refractivity (Wildman–Crippen MR) is 26.4 cm³/mol. The third-order valence-corrected chi connectivity index (χ3v) is 1.17. The Labute approximate surface area is 54.6 Å². The molecule has 0 aliphatic carbocycles. The van der Waals surface area contributed by atoms with E-state index in [0.29, 0.717) is 0 Å². The van der Waals surface area contributed by atoms with E-state index in [0.717, 1.165) is 0 Å². The van der Waals surface area contributed by atoms with Crippen LogP contribution >= 0.6 is 23.2 Å². The molecule has 8 heavy (non-hydrogen) atoms. The highest BCUT2D eigenvalue weighted by molar-refractivity contribution is 6.22. The minimum atomic E-state index is -3.59. The second-order valence-electron chi connectivity index (χ2n) is 1.20. The van der Waals surface area contributed by atoms with E-state index in [1.54, 1.807) is 0 Å². The lowest BCUT2D eigenvalue weighted by molar-refractivity contribution is -0.0178. The summed E-state index contributed by atoms with van der Waals surface area (Å²) >= 11 is 8.98. The molecule has 0 saturated carbocycles. The minimum absolute atomic E-state index is 1.09. The van der Waals surface area contributed by atoms with Crippen LogP contribution in [0.2, 0.25) is 0 Å². The highest BCUT2D eigenvalue weighted by atomic mass is 35.5. The lowest BCUT2D eigenvalue weighted by Gasteiger charge is -2.10. The first kappa shape index (κ1) is 8.37. The summed E-state index contributed by atoms with van der Waals surface area (Å²) in [5.74, 6) is -4.68. The Morgan fingerprint density at radius 2 is 1.88 bits per heavy atom. The maximum absolute atomic E-state index is 11.6. The number of hydrogen-bond acceptors (Lipinski definition) is 0. The Hall–Kier alpha value is 0.370. The molecule has 0 nitrogen and oxygen atoms in total. The summed E-state index contributed by atoms with van der Waals surface area (Å²) in [5.41, 5.74) is -2.68. The maximum atomic E-state index is 11.6. The molecule has 0 amide bonds. The molecule has 0 aliphatic rings. The van der Waals surface area contributed by atoms with Crippen molar-refractivity contribution in [1.82, 2.24) is 0 Å². The Morgan fingerprint density at radius 3 is 1.88 bits per heavy atom. The number of halogens is 5. The van der Waals surface area contributed by atoms with Crippen molar-refractivity contribution in [1.29, 1.82) is 0 Å². The molecule has 0 bridgehead atoms. The smallest absolute Gasteiger partial charge is 0.223 e. The van der Waals surface area contributed by atoms with Crippen molar-refractivity contribution in [3.8, 4) is 0 Å². The summed E-state index contributed by atoms with van der Waals surface area (Å²) in [7, 11) is 0. The molecule has 1 atom stereocenters. The van der Waals surface area contributed by atoms with Crippen LogP contribution in [0.5, 0.6) is 0 Å². The fourth-order valence-corrected chi connectivity index (χ4v) is 0.350. The average molecular weight is 167 g/mol. The summed E-state index contributed by atoms with van der Waals surface area (Å²) < 4.78 is 34.7. The van der Waals surface area contributed by atoms with Gasteiger partial charge in [0.15, 0.2) is 0 Å². The topological polar surface area (TPSA) is 0 Å². The normalized spacial score (nSPS) is 16.1. The van der Waals surface area contributed by atoms with Crippen LogP contribution < -0.4 is 0 Å². The fraction of sp³-hybridized carbons (Fsp3) is 1.00. The van der Waals surface area contributed by atoms with E-state index in [9.17, 15) is 13.2 Å².